The van der Waals surface area contributed by atoms with Crippen molar-refractivity contribution in [1.29, 1.82) is 0 Å². The lowest BCUT2D eigenvalue weighted by molar-refractivity contribution is -0.142. The van der Waals surface area contributed by atoms with Crippen molar-refractivity contribution in [3.63, 3.8) is 0 Å². The summed E-state index contributed by atoms with van der Waals surface area (Å²) in [5.41, 5.74) is 3.66. The third-order valence-corrected chi connectivity index (χ3v) is 11.8. The number of aliphatic hydroxyl groups excluding tert-OH is 1. The molecule has 2 aromatic rings. The number of nitrogens with zero attached hydrogens (tertiary/aromatic N) is 1. The summed E-state index contributed by atoms with van der Waals surface area (Å²) in [5, 5.41) is 16.5. The molecule has 0 aromatic heterocycles. The normalized spacial score (nSPS) is 29.5. The molecule has 0 radical (unpaired) electrons. The number of alkyl halides is 1. The van der Waals surface area contributed by atoms with Crippen LogP contribution in [0.25, 0.3) is 0 Å². The quantitative estimate of drug-likeness (QED) is 0.357. The lowest BCUT2D eigenvalue weighted by atomic mass is 9.70. The zero-order valence-corrected chi connectivity index (χ0v) is 25.8. The SMILES string of the molecule is Cc1ccc(C)c(NC(=O)C2N([C@@H](CO)CC(C)C)C(=O)[C@@H]3[C@@H](C(=O)NCc4ccccc4)[C@@H]4SC23CC4Br)c1. The Morgan fingerprint density at radius 3 is 2.55 bits per heavy atom. The third-order valence-electron chi connectivity index (χ3n) is 8.59. The number of fused-ring (bicyclic) bond motifs is 1. The minimum Gasteiger partial charge on any atom is -0.394 e. The van der Waals surface area contributed by atoms with E-state index in [0.29, 0.717) is 25.1 Å². The van der Waals surface area contributed by atoms with E-state index >= 15 is 0 Å². The number of hydrogen-bond acceptors (Lipinski definition) is 5. The molecule has 3 aliphatic heterocycles. The van der Waals surface area contributed by atoms with Crippen LogP contribution in [0, 0.1) is 31.6 Å². The van der Waals surface area contributed by atoms with Crippen LogP contribution in [0.3, 0.4) is 0 Å². The minimum atomic E-state index is -0.803. The van der Waals surface area contributed by atoms with Gasteiger partial charge in [0, 0.05) is 22.3 Å². The zero-order chi connectivity index (χ0) is 28.8. The monoisotopic (exact) mass is 627 g/mol. The van der Waals surface area contributed by atoms with Gasteiger partial charge in [-0.05, 0) is 55.4 Å². The fourth-order valence-corrected chi connectivity index (χ4v) is 10.5. The van der Waals surface area contributed by atoms with Crippen molar-refractivity contribution >= 4 is 51.1 Å². The smallest absolute Gasteiger partial charge is 0.248 e. The van der Waals surface area contributed by atoms with Gasteiger partial charge in [0.25, 0.3) is 0 Å². The number of benzene rings is 2. The van der Waals surface area contributed by atoms with Crippen molar-refractivity contribution in [2.75, 3.05) is 11.9 Å². The number of thioether (sulfide) groups is 1. The highest BCUT2D eigenvalue weighted by Crippen LogP contribution is 2.68. The van der Waals surface area contributed by atoms with Crippen LogP contribution in [-0.2, 0) is 20.9 Å². The van der Waals surface area contributed by atoms with Crippen LogP contribution in [0.15, 0.2) is 48.5 Å². The van der Waals surface area contributed by atoms with E-state index in [1.807, 2.05) is 76.2 Å². The largest absolute Gasteiger partial charge is 0.394 e. The molecule has 2 bridgehead atoms. The second kappa shape index (κ2) is 11.5. The summed E-state index contributed by atoms with van der Waals surface area (Å²) in [7, 11) is 0. The fraction of sp³-hybridized carbons (Fsp3) is 0.516. The zero-order valence-electron chi connectivity index (χ0n) is 23.4. The molecule has 1 spiro atoms. The van der Waals surface area contributed by atoms with Crippen molar-refractivity contribution in [3.8, 4) is 0 Å². The number of anilines is 1. The van der Waals surface area contributed by atoms with Crippen LogP contribution in [0.1, 0.15) is 43.4 Å². The number of amides is 3. The number of aliphatic hydroxyl groups is 1. The summed E-state index contributed by atoms with van der Waals surface area (Å²) in [6.07, 6.45) is 1.16. The predicted molar refractivity (Wildman–Crippen MR) is 162 cm³/mol. The van der Waals surface area contributed by atoms with Gasteiger partial charge in [0.2, 0.25) is 17.7 Å². The van der Waals surface area contributed by atoms with Gasteiger partial charge in [0.05, 0.1) is 29.2 Å². The van der Waals surface area contributed by atoms with E-state index in [0.717, 1.165) is 16.7 Å². The molecule has 3 N–H and O–H groups in total. The first-order valence-corrected chi connectivity index (χ1v) is 15.8. The van der Waals surface area contributed by atoms with E-state index in [-0.39, 0.29) is 40.3 Å². The highest BCUT2D eigenvalue weighted by atomic mass is 79.9. The van der Waals surface area contributed by atoms with Crippen LogP contribution in [-0.4, -0.2) is 61.2 Å². The number of carbonyl (C=O) groups excluding carboxylic acids is 3. The van der Waals surface area contributed by atoms with Crippen molar-refractivity contribution in [2.24, 2.45) is 17.8 Å². The van der Waals surface area contributed by atoms with Crippen LogP contribution in [0.2, 0.25) is 0 Å². The van der Waals surface area contributed by atoms with Gasteiger partial charge < -0.3 is 20.6 Å². The van der Waals surface area contributed by atoms with Gasteiger partial charge >= 0.3 is 0 Å². The Balaban J connectivity index is 1.51. The number of carbonyl (C=O) groups is 3. The molecule has 7 nitrogen and oxygen atoms in total. The van der Waals surface area contributed by atoms with Gasteiger partial charge in [-0.1, -0.05) is 72.2 Å². The van der Waals surface area contributed by atoms with Crippen LogP contribution < -0.4 is 10.6 Å². The molecule has 7 atom stereocenters. The van der Waals surface area contributed by atoms with Gasteiger partial charge in [-0.3, -0.25) is 14.4 Å². The van der Waals surface area contributed by atoms with E-state index in [1.54, 1.807) is 16.7 Å². The molecule has 0 saturated carbocycles. The second-order valence-electron chi connectivity index (χ2n) is 11.9. The number of hydrogen-bond donors (Lipinski definition) is 3. The van der Waals surface area contributed by atoms with Gasteiger partial charge in [-0.15, -0.1) is 11.8 Å². The summed E-state index contributed by atoms with van der Waals surface area (Å²) in [5.74, 6) is -1.62. The maximum Gasteiger partial charge on any atom is 0.248 e. The molecule has 3 unspecified atom stereocenters. The molecule has 214 valence electrons. The molecular weight excluding hydrogens is 590 g/mol. The molecule has 3 heterocycles. The first-order chi connectivity index (χ1) is 19.1. The predicted octanol–water partition coefficient (Wildman–Crippen LogP) is 4.43. The Morgan fingerprint density at radius 2 is 1.88 bits per heavy atom. The van der Waals surface area contributed by atoms with E-state index in [1.165, 1.54) is 0 Å². The molecule has 3 fully saturated rings. The van der Waals surface area contributed by atoms with E-state index < -0.39 is 28.7 Å². The van der Waals surface area contributed by atoms with Crippen LogP contribution >= 0.6 is 27.7 Å². The van der Waals surface area contributed by atoms with E-state index in [9.17, 15) is 19.5 Å². The van der Waals surface area contributed by atoms with E-state index in [4.69, 9.17) is 0 Å². The highest BCUT2D eigenvalue weighted by molar-refractivity contribution is 9.09. The van der Waals surface area contributed by atoms with Gasteiger partial charge in [0.1, 0.15) is 6.04 Å². The molecule has 9 heteroatoms. The van der Waals surface area contributed by atoms with Crippen molar-refractivity contribution < 1.29 is 19.5 Å². The molecule has 3 saturated heterocycles. The number of rotatable bonds is 9. The van der Waals surface area contributed by atoms with Crippen LogP contribution in [0.4, 0.5) is 5.69 Å². The summed E-state index contributed by atoms with van der Waals surface area (Å²) in [6, 6.07) is 14.3. The number of halogens is 1. The van der Waals surface area contributed by atoms with E-state index in [2.05, 4.69) is 26.6 Å². The number of aryl methyl sites for hydroxylation is 2. The molecule has 2 aromatic carbocycles. The standard InChI is InChI=1S/C31H38BrN3O4S/c1-17(2)12-21(16-36)35-27(29(38)34-23-13-18(3)10-11-19(23)4)31-14-22(32)26(40-31)24(25(31)30(35)39)28(37)33-15-20-8-6-5-7-9-20/h5-11,13,17,21-22,24-27,36H,12,14-16H2,1-4H3,(H,33,37)(H,34,38)/t21-,22?,24-,25+,26-,27?,31?/m1/s1. The third kappa shape index (κ3) is 5.09. The Bertz CT molecular complexity index is 1290. The minimum absolute atomic E-state index is 0.0114. The topological polar surface area (TPSA) is 98.7 Å². The number of likely N-dealkylation sites (tertiary alicyclic amines) is 1. The summed E-state index contributed by atoms with van der Waals surface area (Å²) in [6.45, 7) is 8.14. The Kier molecular flexibility index (Phi) is 8.37. The lowest BCUT2D eigenvalue weighted by Crippen LogP contribution is -2.55. The molecular formula is C31H38BrN3O4S. The first kappa shape index (κ1) is 29.1. The second-order valence-corrected chi connectivity index (χ2v) is 14.6. The Morgan fingerprint density at radius 1 is 1.15 bits per heavy atom. The summed E-state index contributed by atoms with van der Waals surface area (Å²) in [4.78, 5) is 44.0. The van der Waals surface area contributed by atoms with Gasteiger partial charge in [-0.25, -0.2) is 0 Å². The lowest BCUT2D eigenvalue weighted by Gasteiger charge is -2.38. The van der Waals surface area contributed by atoms with Crippen molar-refractivity contribution in [3.05, 3.63) is 65.2 Å². The highest BCUT2D eigenvalue weighted by Gasteiger charge is 2.76. The molecule has 0 aliphatic carbocycles. The van der Waals surface area contributed by atoms with Crippen molar-refractivity contribution in [1.82, 2.24) is 10.2 Å². The summed E-state index contributed by atoms with van der Waals surface area (Å²) < 4.78 is -0.767. The summed E-state index contributed by atoms with van der Waals surface area (Å²) >= 11 is 5.43. The van der Waals surface area contributed by atoms with Crippen LogP contribution in [0.5, 0.6) is 0 Å². The van der Waals surface area contributed by atoms with Gasteiger partial charge in [0.15, 0.2) is 0 Å². The average Bonchev–Trinajstić information content (AvgIpc) is 3.51. The van der Waals surface area contributed by atoms with Gasteiger partial charge in [-0.2, -0.15) is 0 Å². The maximum absolute atomic E-state index is 14.4. The first-order valence-electron chi connectivity index (χ1n) is 14.0. The molecule has 5 rings (SSSR count). The Hall–Kier alpha value is -2.36. The maximum atomic E-state index is 14.4. The molecule has 3 amide bonds. The molecule has 40 heavy (non-hydrogen) atoms. The Labute approximate surface area is 249 Å². The van der Waals surface area contributed by atoms with Crippen molar-refractivity contribution in [2.45, 2.75) is 74.0 Å². The fourth-order valence-electron chi connectivity index (χ4n) is 6.85. The number of nitrogens with one attached hydrogen (secondary N) is 2. The average molecular weight is 629 g/mol. The molecule has 3 aliphatic rings.